The molecule has 0 spiro atoms. The number of likely N-dealkylation sites (tertiary alicyclic amines) is 1. The highest BCUT2D eigenvalue weighted by atomic mass is 16.5. The third-order valence-corrected chi connectivity index (χ3v) is 6.09. The van der Waals surface area contributed by atoms with Crippen LogP contribution in [0.3, 0.4) is 0 Å². The lowest BCUT2D eigenvalue weighted by molar-refractivity contribution is -0.146. The number of para-hydroxylation sites is 1. The molecule has 1 amide bonds. The van der Waals surface area contributed by atoms with Gasteiger partial charge in [-0.05, 0) is 52.2 Å². The molecule has 0 unspecified atom stereocenters. The maximum absolute atomic E-state index is 13.2. The molecule has 5 heteroatoms. The highest BCUT2D eigenvalue weighted by Crippen LogP contribution is 2.27. The lowest BCUT2D eigenvalue weighted by Gasteiger charge is -2.40. The first-order valence-corrected chi connectivity index (χ1v) is 10.9. The number of aromatic nitrogens is 1. The molecule has 3 atom stereocenters. The molecule has 160 valence electrons. The quantitative estimate of drug-likeness (QED) is 0.546. The molecule has 1 fully saturated rings. The fraction of sp³-hybridized carbons (Fsp3) is 0.346. The smallest absolute Gasteiger partial charge is 0.339 e. The highest BCUT2D eigenvalue weighted by molar-refractivity contribution is 6.05. The normalized spacial score (nSPS) is 19.8. The zero-order valence-corrected chi connectivity index (χ0v) is 18.2. The molecule has 0 bridgehead atoms. The molecular formula is C26H28N2O3. The first-order chi connectivity index (χ1) is 15.0. The van der Waals surface area contributed by atoms with E-state index in [4.69, 9.17) is 9.72 Å². The van der Waals surface area contributed by atoms with Gasteiger partial charge in [0.15, 0.2) is 6.10 Å². The molecule has 2 aromatic carbocycles. The van der Waals surface area contributed by atoms with Crippen LogP contribution in [0.4, 0.5) is 0 Å². The van der Waals surface area contributed by atoms with Crippen LogP contribution in [0, 0.1) is 0 Å². The number of carbonyl (C=O) groups is 2. The van der Waals surface area contributed by atoms with E-state index >= 15 is 0 Å². The second-order valence-electron chi connectivity index (χ2n) is 8.36. The Labute approximate surface area is 183 Å². The Morgan fingerprint density at radius 3 is 2.35 bits per heavy atom. The summed E-state index contributed by atoms with van der Waals surface area (Å²) >= 11 is 0. The van der Waals surface area contributed by atoms with Crippen LogP contribution < -0.4 is 0 Å². The molecule has 1 aliphatic rings. The predicted molar refractivity (Wildman–Crippen MR) is 122 cm³/mol. The number of benzene rings is 2. The van der Waals surface area contributed by atoms with E-state index in [1.165, 1.54) is 0 Å². The van der Waals surface area contributed by atoms with Gasteiger partial charge in [0.1, 0.15) is 0 Å². The fourth-order valence-electron chi connectivity index (χ4n) is 4.44. The van der Waals surface area contributed by atoms with Crippen LogP contribution in [0.2, 0.25) is 0 Å². The summed E-state index contributed by atoms with van der Waals surface area (Å²) in [4.78, 5) is 32.8. The van der Waals surface area contributed by atoms with Gasteiger partial charge in [-0.3, -0.25) is 4.79 Å². The number of ether oxygens (including phenoxy) is 1. The SMILES string of the molecule is C[C@@H](OC(=O)c1cc(-c2ccccc2)nc2ccccc12)C(=O)N1[C@@H](C)CCC[C@@H]1C. The molecule has 1 aliphatic heterocycles. The van der Waals surface area contributed by atoms with E-state index in [0.717, 1.165) is 24.8 Å². The average Bonchev–Trinajstić information content (AvgIpc) is 2.78. The van der Waals surface area contributed by atoms with Gasteiger partial charge in [-0.2, -0.15) is 0 Å². The van der Waals surface area contributed by atoms with Crippen molar-refractivity contribution in [3.05, 3.63) is 66.2 Å². The fourth-order valence-corrected chi connectivity index (χ4v) is 4.44. The summed E-state index contributed by atoms with van der Waals surface area (Å²) in [6, 6.07) is 19.3. The molecule has 0 N–H and O–H groups in total. The first-order valence-electron chi connectivity index (χ1n) is 10.9. The van der Waals surface area contributed by atoms with Crippen LogP contribution in [0.15, 0.2) is 60.7 Å². The van der Waals surface area contributed by atoms with Crippen LogP contribution in [0.1, 0.15) is 50.4 Å². The summed E-state index contributed by atoms with van der Waals surface area (Å²) in [5.41, 5.74) is 2.75. The third kappa shape index (κ3) is 4.31. The number of amides is 1. The van der Waals surface area contributed by atoms with E-state index in [1.807, 2.05) is 59.5 Å². The van der Waals surface area contributed by atoms with Gasteiger partial charge in [-0.1, -0.05) is 48.5 Å². The van der Waals surface area contributed by atoms with Gasteiger partial charge < -0.3 is 9.64 Å². The molecule has 0 aliphatic carbocycles. The number of rotatable bonds is 4. The molecule has 2 heterocycles. The van der Waals surface area contributed by atoms with Crippen molar-refractivity contribution in [2.24, 2.45) is 0 Å². The van der Waals surface area contributed by atoms with Crippen molar-refractivity contribution in [2.75, 3.05) is 0 Å². The molecule has 0 saturated carbocycles. The van der Waals surface area contributed by atoms with Crippen molar-refractivity contribution in [2.45, 2.75) is 58.2 Å². The summed E-state index contributed by atoms with van der Waals surface area (Å²) < 4.78 is 5.69. The van der Waals surface area contributed by atoms with Gasteiger partial charge in [0.2, 0.25) is 0 Å². The zero-order chi connectivity index (χ0) is 22.0. The molecule has 4 rings (SSSR count). The molecule has 1 aromatic heterocycles. The van der Waals surface area contributed by atoms with Gasteiger partial charge in [0.05, 0.1) is 16.8 Å². The maximum atomic E-state index is 13.2. The van der Waals surface area contributed by atoms with Gasteiger partial charge in [-0.25, -0.2) is 9.78 Å². The largest absolute Gasteiger partial charge is 0.449 e. The summed E-state index contributed by atoms with van der Waals surface area (Å²) in [6.45, 7) is 5.78. The summed E-state index contributed by atoms with van der Waals surface area (Å²) in [5.74, 6) is -0.636. The average molecular weight is 417 g/mol. The highest BCUT2D eigenvalue weighted by Gasteiger charge is 2.33. The Bertz CT molecular complexity index is 1090. The Morgan fingerprint density at radius 1 is 1.00 bits per heavy atom. The van der Waals surface area contributed by atoms with Crippen molar-refractivity contribution < 1.29 is 14.3 Å². The van der Waals surface area contributed by atoms with Crippen LogP contribution >= 0.6 is 0 Å². The number of carbonyl (C=O) groups excluding carboxylic acids is 2. The van der Waals surface area contributed by atoms with Crippen LogP contribution in [-0.4, -0.2) is 39.9 Å². The number of piperidine rings is 1. The van der Waals surface area contributed by atoms with Crippen LogP contribution in [0.5, 0.6) is 0 Å². The predicted octanol–water partition coefficient (Wildman–Crippen LogP) is 5.24. The van der Waals surface area contributed by atoms with Crippen molar-refractivity contribution >= 4 is 22.8 Å². The summed E-state index contributed by atoms with van der Waals surface area (Å²) in [5, 5.41) is 0.714. The Kier molecular flexibility index (Phi) is 6.03. The van der Waals surface area contributed by atoms with Crippen molar-refractivity contribution in [3.63, 3.8) is 0 Å². The standard InChI is InChI=1S/C26H28N2O3/c1-17-10-9-11-18(2)28(17)25(29)19(3)31-26(30)22-16-24(20-12-5-4-6-13-20)27-23-15-8-7-14-21(22)23/h4-8,12-19H,9-11H2,1-3H3/t17-,18-,19+/m0/s1. The monoisotopic (exact) mass is 416 g/mol. The van der Waals surface area contributed by atoms with Crippen molar-refractivity contribution in [3.8, 4) is 11.3 Å². The molecular weight excluding hydrogens is 388 g/mol. The van der Waals surface area contributed by atoms with E-state index in [1.54, 1.807) is 13.0 Å². The summed E-state index contributed by atoms with van der Waals surface area (Å²) in [7, 11) is 0. The second-order valence-corrected chi connectivity index (χ2v) is 8.36. The van der Waals surface area contributed by atoms with E-state index in [0.29, 0.717) is 22.2 Å². The number of fused-ring (bicyclic) bond motifs is 1. The molecule has 0 radical (unpaired) electrons. The number of pyridine rings is 1. The van der Waals surface area contributed by atoms with E-state index < -0.39 is 12.1 Å². The van der Waals surface area contributed by atoms with Gasteiger partial charge in [0, 0.05) is 23.0 Å². The topological polar surface area (TPSA) is 59.5 Å². The van der Waals surface area contributed by atoms with Gasteiger partial charge in [0.25, 0.3) is 5.91 Å². The van der Waals surface area contributed by atoms with Crippen molar-refractivity contribution in [1.82, 2.24) is 9.88 Å². The number of hydrogen-bond donors (Lipinski definition) is 0. The van der Waals surface area contributed by atoms with E-state index in [2.05, 4.69) is 13.8 Å². The molecule has 31 heavy (non-hydrogen) atoms. The van der Waals surface area contributed by atoms with E-state index in [-0.39, 0.29) is 18.0 Å². The minimum atomic E-state index is -0.845. The Hall–Kier alpha value is -3.21. The van der Waals surface area contributed by atoms with Crippen LogP contribution in [0.25, 0.3) is 22.2 Å². The Balaban J connectivity index is 1.63. The van der Waals surface area contributed by atoms with Crippen molar-refractivity contribution in [1.29, 1.82) is 0 Å². The number of hydrogen-bond acceptors (Lipinski definition) is 4. The minimum absolute atomic E-state index is 0.130. The first kappa shape index (κ1) is 21.0. The lowest BCUT2D eigenvalue weighted by Crippen LogP contribution is -2.51. The minimum Gasteiger partial charge on any atom is -0.449 e. The zero-order valence-electron chi connectivity index (χ0n) is 18.2. The van der Waals surface area contributed by atoms with E-state index in [9.17, 15) is 9.59 Å². The van der Waals surface area contributed by atoms with Gasteiger partial charge >= 0.3 is 5.97 Å². The maximum Gasteiger partial charge on any atom is 0.339 e. The number of esters is 1. The van der Waals surface area contributed by atoms with Gasteiger partial charge in [-0.15, -0.1) is 0 Å². The molecule has 1 saturated heterocycles. The molecule has 5 nitrogen and oxygen atoms in total. The third-order valence-electron chi connectivity index (χ3n) is 6.09. The van der Waals surface area contributed by atoms with Crippen LogP contribution in [-0.2, 0) is 9.53 Å². The molecule has 3 aromatic rings. The lowest BCUT2D eigenvalue weighted by atomic mass is 9.97. The second kappa shape index (κ2) is 8.88. The summed E-state index contributed by atoms with van der Waals surface area (Å²) in [6.07, 6.45) is 2.23. The number of nitrogens with zero attached hydrogens (tertiary/aromatic N) is 2. The Morgan fingerprint density at radius 2 is 1.65 bits per heavy atom.